The van der Waals surface area contributed by atoms with Crippen LogP contribution in [0.25, 0.3) is 0 Å². The smallest absolute Gasteiger partial charge is 0.224 e. The highest BCUT2D eigenvalue weighted by molar-refractivity contribution is 5.78. The molecule has 1 aliphatic heterocycles. The van der Waals surface area contributed by atoms with Gasteiger partial charge < -0.3 is 9.73 Å². The molecule has 138 valence electrons. The number of nitrogens with zero attached hydrogens (tertiary/aromatic N) is 1. The van der Waals surface area contributed by atoms with Crippen LogP contribution in [0.2, 0.25) is 0 Å². The predicted octanol–water partition coefficient (Wildman–Crippen LogP) is 3.65. The van der Waals surface area contributed by atoms with Gasteiger partial charge in [-0.3, -0.25) is 9.69 Å². The first-order valence-corrected chi connectivity index (χ1v) is 9.94. The van der Waals surface area contributed by atoms with Gasteiger partial charge in [0.05, 0.1) is 18.7 Å². The maximum atomic E-state index is 12.5. The van der Waals surface area contributed by atoms with Gasteiger partial charge in [-0.1, -0.05) is 24.6 Å². The van der Waals surface area contributed by atoms with Crippen molar-refractivity contribution < 1.29 is 9.21 Å². The molecule has 1 amide bonds. The van der Waals surface area contributed by atoms with Crippen LogP contribution in [-0.4, -0.2) is 30.4 Å². The Labute approximate surface area is 155 Å². The first kappa shape index (κ1) is 17.3. The van der Waals surface area contributed by atoms with Gasteiger partial charge in [0.1, 0.15) is 5.76 Å². The van der Waals surface area contributed by atoms with Crippen LogP contribution >= 0.6 is 0 Å². The van der Waals surface area contributed by atoms with Crippen LogP contribution in [0, 0.1) is 0 Å². The number of nitrogens with one attached hydrogen (secondary N) is 1. The second-order valence-corrected chi connectivity index (χ2v) is 7.57. The summed E-state index contributed by atoms with van der Waals surface area (Å²) in [5.41, 5.74) is 4.00. The van der Waals surface area contributed by atoms with Crippen LogP contribution in [0.1, 0.15) is 54.2 Å². The van der Waals surface area contributed by atoms with Gasteiger partial charge in [0.25, 0.3) is 0 Å². The predicted molar refractivity (Wildman–Crippen MR) is 102 cm³/mol. The number of hydrogen-bond acceptors (Lipinski definition) is 3. The lowest BCUT2D eigenvalue weighted by Crippen LogP contribution is -2.40. The van der Waals surface area contributed by atoms with Crippen molar-refractivity contribution in [3.8, 4) is 0 Å². The first-order chi connectivity index (χ1) is 12.8. The van der Waals surface area contributed by atoms with Gasteiger partial charge >= 0.3 is 0 Å². The summed E-state index contributed by atoms with van der Waals surface area (Å²) in [5.74, 6) is 1.04. The third kappa shape index (κ3) is 4.01. The van der Waals surface area contributed by atoms with Crippen molar-refractivity contribution in [1.82, 2.24) is 10.2 Å². The SMILES string of the molecule is O=C(Cc1ccc2c(c1)CCC2)NC[C@H](c1ccco1)N1CCCCC1. The number of aryl methyl sites for hydroxylation is 2. The summed E-state index contributed by atoms with van der Waals surface area (Å²) < 4.78 is 5.66. The molecule has 1 saturated heterocycles. The molecule has 4 heteroatoms. The van der Waals surface area contributed by atoms with Gasteiger partial charge in [0.15, 0.2) is 0 Å². The zero-order valence-corrected chi connectivity index (χ0v) is 15.4. The van der Waals surface area contributed by atoms with E-state index in [0.29, 0.717) is 13.0 Å². The zero-order chi connectivity index (χ0) is 17.8. The fourth-order valence-corrected chi connectivity index (χ4v) is 4.31. The lowest BCUT2D eigenvalue weighted by molar-refractivity contribution is -0.120. The Kier molecular flexibility index (Phi) is 5.40. The summed E-state index contributed by atoms with van der Waals surface area (Å²) in [6.07, 6.45) is 9.50. The van der Waals surface area contributed by atoms with Crippen LogP contribution in [-0.2, 0) is 24.1 Å². The van der Waals surface area contributed by atoms with Crippen molar-refractivity contribution in [2.45, 2.75) is 51.0 Å². The largest absolute Gasteiger partial charge is 0.468 e. The number of furan rings is 1. The first-order valence-electron chi connectivity index (χ1n) is 9.94. The number of benzene rings is 1. The molecule has 1 aliphatic carbocycles. The number of carbonyl (C=O) groups is 1. The normalized spacial score (nSPS) is 18.5. The van der Waals surface area contributed by atoms with Gasteiger partial charge in [0.2, 0.25) is 5.91 Å². The van der Waals surface area contributed by atoms with Crippen molar-refractivity contribution in [2.75, 3.05) is 19.6 Å². The molecule has 1 atom stereocenters. The summed E-state index contributed by atoms with van der Waals surface area (Å²) in [5, 5.41) is 3.14. The van der Waals surface area contributed by atoms with Crippen molar-refractivity contribution >= 4 is 5.91 Å². The van der Waals surface area contributed by atoms with Gasteiger partial charge in [-0.05, 0) is 74.0 Å². The number of carbonyl (C=O) groups excluding carboxylic acids is 1. The molecule has 0 radical (unpaired) electrons. The van der Waals surface area contributed by atoms with E-state index in [2.05, 4.69) is 28.4 Å². The average Bonchev–Trinajstić information content (AvgIpc) is 3.34. The highest BCUT2D eigenvalue weighted by Gasteiger charge is 2.25. The molecule has 1 N–H and O–H groups in total. The molecule has 0 spiro atoms. The second-order valence-electron chi connectivity index (χ2n) is 7.57. The van der Waals surface area contributed by atoms with E-state index in [9.17, 15) is 4.79 Å². The number of fused-ring (bicyclic) bond motifs is 1. The maximum absolute atomic E-state index is 12.5. The molecule has 2 aromatic rings. The Morgan fingerprint density at radius 2 is 1.92 bits per heavy atom. The third-order valence-corrected chi connectivity index (χ3v) is 5.72. The van der Waals surface area contributed by atoms with E-state index in [-0.39, 0.29) is 11.9 Å². The summed E-state index contributed by atoms with van der Waals surface area (Å²) in [7, 11) is 0. The van der Waals surface area contributed by atoms with E-state index < -0.39 is 0 Å². The maximum Gasteiger partial charge on any atom is 0.224 e. The minimum Gasteiger partial charge on any atom is -0.468 e. The number of rotatable bonds is 6. The Hall–Kier alpha value is -2.07. The highest BCUT2D eigenvalue weighted by Crippen LogP contribution is 2.25. The Morgan fingerprint density at radius 1 is 1.08 bits per heavy atom. The quantitative estimate of drug-likeness (QED) is 0.863. The molecule has 2 heterocycles. The molecule has 0 saturated carbocycles. The molecule has 2 aliphatic rings. The summed E-state index contributed by atoms with van der Waals surface area (Å²) in [6, 6.07) is 10.6. The van der Waals surface area contributed by atoms with Gasteiger partial charge in [-0.25, -0.2) is 0 Å². The molecule has 1 aromatic heterocycles. The van der Waals surface area contributed by atoms with Gasteiger partial charge in [0, 0.05) is 6.54 Å². The van der Waals surface area contributed by atoms with Crippen LogP contribution < -0.4 is 5.32 Å². The molecule has 4 rings (SSSR count). The van der Waals surface area contributed by atoms with E-state index in [1.807, 2.05) is 12.1 Å². The van der Waals surface area contributed by atoms with E-state index >= 15 is 0 Å². The Bertz CT molecular complexity index is 733. The number of piperidine rings is 1. The van der Waals surface area contributed by atoms with E-state index in [0.717, 1.165) is 30.8 Å². The zero-order valence-electron chi connectivity index (χ0n) is 15.4. The summed E-state index contributed by atoms with van der Waals surface area (Å²) in [6.45, 7) is 2.76. The lowest BCUT2D eigenvalue weighted by atomic mass is 10.0. The number of hydrogen-bond donors (Lipinski definition) is 1. The van der Waals surface area contributed by atoms with E-state index in [4.69, 9.17) is 4.42 Å². The van der Waals surface area contributed by atoms with Crippen molar-refractivity contribution in [1.29, 1.82) is 0 Å². The number of likely N-dealkylation sites (tertiary alicyclic amines) is 1. The topological polar surface area (TPSA) is 45.5 Å². The average molecular weight is 352 g/mol. The van der Waals surface area contributed by atoms with Crippen LogP contribution in [0.15, 0.2) is 41.0 Å². The molecule has 4 nitrogen and oxygen atoms in total. The fourth-order valence-electron chi connectivity index (χ4n) is 4.31. The lowest BCUT2D eigenvalue weighted by Gasteiger charge is -2.33. The van der Waals surface area contributed by atoms with Crippen LogP contribution in [0.4, 0.5) is 0 Å². The summed E-state index contributed by atoms with van der Waals surface area (Å²) >= 11 is 0. The third-order valence-electron chi connectivity index (χ3n) is 5.72. The molecule has 1 aromatic carbocycles. The molecular weight excluding hydrogens is 324 g/mol. The van der Waals surface area contributed by atoms with Gasteiger partial charge in [-0.15, -0.1) is 0 Å². The Balaban J connectivity index is 1.36. The highest BCUT2D eigenvalue weighted by atomic mass is 16.3. The number of amides is 1. The summed E-state index contributed by atoms with van der Waals surface area (Å²) in [4.78, 5) is 15.0. The van der Waals surface area contributed by atoms with Crippen LogP contribution in [0.5, 0.6) is 0 Å². The van der Waals surface area contributed by atoms with Crippen molar-refractivity contribution in [2.24, 2.45) is 0 Å². The second kappa shape index (κ2) is 8.09. The van der Waals surface area contributed by atoms with E-state index in [1.165, 1.54) is 43.2 Å². The molecule has 1 fully saturated rings. The van der Waals surface area contributed by atoms with Crippen molar-refractivity contribution in [3.05, 3.63) is 59.0 Å². The molecule has 0 unspecified atom stereocenters. The fraction of sp³-hybridized carbons (Fsp3) is 0.500. The molecular formula is C22H28N2O2. The Morgan fingerprint density at radius 3 is 2.73 bits per heavy atom. The van der Waals surface area contributed by atoms with E-state index in [1.54, 1.807) is 6.26 Å². The minimum atomic E-state index is 0.0940. The minimum absolute atomic E-state index is 0.0940. The van der Waals surface area contributed by atoms with Crippen LogP contribution in [0.3, 0.4) is 0 Å². The molecule has 0 bridgehead atoms. The van der Waals surface area contributed by atoms with Gasteiger partial charge in [-0.2, -0.15) is 0 Å². The van der Waals surface area contributed by atoms with Crippen molar-refractivity contribution in [3.63, 3.8) is 0 Å². The molecule has 26 heavy (non-hydrogen) atoms. The standard InChI is InChI=1S/C22H28N2O2/c25-22(15-17-9-10-18-6-4-7-19(18)14-17)23-16-20(21-8-5-13-26-21)24-11-2-1-3-12-24/h5,8-10,13-14,20H,1-4,6-7,11-12,15-16H2,(H,23,25)/t20-/m1/s1. The monoisotopic (exact) mass is 352 g/mol.